The molecule has 6 nitrogen and oxygen atoms in total. The first-order valence-electron chi connectivity index (χ1n) is 10.0. The number of likely N-dealkylation sites (N-methyl/N-ethyl adjacent to an activating group) is 1. The average molecular weight is 421 g/mol. The van der Waals surface area contributed by atoms with Gasteiger partial charge in [0.25, 0.3) is 5.91 Å². The highest BCUT2D eigenvalue weighted by atomic mass is 16.5. The Labute approximate surface area is 182 Å². The van der Waals surface area contributed by atoms with Gasteiger partial charge in [-0.15, -0.1) is 0 Å². The summed E-state index contributed by atoms with van der Waals surface area (Å²) in [5.74, 6) is 0.285. The van der Waals surface area contributed by atoms with Gasteiger partial charge in [-0.05, 0) is 41.5 Å². The number of methoxy groups -OCH3 is 2. The molecule has 0 radical (unpaired) electrons. The van der Waals surface area contributed by atoms with Gasteiger partial charge in [0.05, 0.1) is 20.1 Å². The number of benzene rings is 3. The van der Waals surface area contributed by atoms with Gasteiger partial charge in [0.15, 0.2) is 6.61 Å². The van der Waals surface area contributed by atoms with E-state index < -0.39 is 11.9 Å². The Kier molecular flexibility index (Phi) is 7.13. The van der Waals surface area contributed by atoms with E-state index in [1.54, 1.807) is 28.2 Å². The fraction of sp³-hybridized carbons (Fsp3) is 0.280. The van der Waals surface area contributed by atoms with Crippen molar-refractivity contribution in [2.45, 2.75) is 19.4 Å². The molecule has 0 aliphatic heterocycles. The summed E-state index contributed by atoms with van der Waals surface area (Å²) in [5, 5.41) is 2.03. The number of hydrogen-bond acceptors (Lipinski definition) is 5. The van der Waals surface area contributed by atoms with Crippen molar-refractivity contribution < 1.29 is 23.8 Å². The van der Waals surface area contributed by atoms with Crippen molar-refractivity contribution >= 4 is 22.6 Å². The van der Waals surface area contributed by atoms with E-state index in [2.05, 4.69) is 0 Å². The van der Waals surface area contributed by atoms with Crippen LogP contribution in [0.3, 0.4) is 0 Å². The molecule has 31 heavy (non-hydrogen) atoms. The molecule has 0 saturated heterocycles. The zero-order valence-corrected chi connectivity index (χ0v) is 18.3. The molecule has 1 amide bonds. The molecular weight excluding hydrogens is 394 g/mol. The number of fused-ring (bicyclic) bond motifs is 1. The van der Waals surface area contributed by atoms with Crippen molar-refractivity contribution in [1.29, 1.82) is 0 Å². The number of carbonyl (C=O) groups is 2. The van der Waals surface area contributed by atoms with Gasteiger partial charge in [-0.25, -0.2) is 0 Å². The smallest absolute Gasteiger partial charge is 0.313 e. The van der Waals surface area contributed by atoms with Gasteiger partial charge in [-0.2, -0.15) is 0 Å². The molecular formula is C25H27NO5. The summed E-state index contributed by atoms with van der Waals surface area (Å²) >= 11 is 0. The Bertz CT molecular complexity index is 1080. The Morgan fingerprint density at radius 2 is 1.65 bits per heavy atom. The molecule has 3 aromatic rings. The molecule has 0 aliphatic rings. The van der Waals surface area contributed by atoms with E-state index in [1.807, 2.05) is 60.7 Å². The van der Waals surface area contributed by atoms with Crippen LogP contribution in [0.5, 0.6) is 11.5 Å². The van der Waals surface area contributed by atoms with Crippen LogP contribution in [0.1, 0.15) is 24.0 Å². The molecule has 0 fully saturated rings. The summed E-state index contributed by atoms with van der Waals surface area (Å²) in [4.78, 5) is 26.5. The normalized spacial score (nSPS) is 11.6. The molecule has 0 N–H and O–H groups in total. The monoisotopic (exact) mass is 421 g/mol. The zero-order chi connectivity index (χ0) is 22.4. The van der Waals surface area contributed by atoms with E-state index in [4.69, 9.17) is 14.2 Å². The molecule has 1 atom stereocenters. The van der Waals surface area contributed by atoms with Crippen LogP contribution >= 0.6 is 0 Å². The Hall–Kier alpha value is -3.54. The second-order valence-corrected chi connectivity index (χ2v) is 7.36. The fourth-order valence-electron chi connectivity index (χ4n) is 3.32. The van der Waals surface area contributed by atoms with Gasteiger partial charge in [0.1, 0.15) is 11.5 Å². The second kappa shape index (κ2) is 9.98. The van der Waals surface area contributed by atoms with Crippen LogP contribution in [0.15, 0.2) is 60.7 Å². The summed E-state index contributed by atoms with van der Waals surface area (Å²) in [6.07, 6.45) is 0. The largest absolute Gasteiger partial charge is 0.497 e. The molecule has 0 bridgehead atoms. The highest BCUT2D eigenvalue weighted by Gasteiger charge is 2.20. The van der Waals surface area contributed by atoms with Gasteiger partial charge in [-0.3, -0.25) is 9.59 Å². The third-order valence-corrected chi connectivity index (χ3v) is 5.29. The zero-order valence-electron chi connectivity index (χ0n) is 18.3. The van der Waals surface area contributed by atoms with E-state index in [9.17, 15) is 9.59 Å². The van der Waals surface area contributed by atoms with E-state index in [1.165, 1.54) is 4.90 Å². The number of ether oxygens (including phenoxy) is 3. The van der Waals surface area contributed by atoms with Crippen LogP contribution in [0.4, 0.5) is 0 Å². The molecule has 0 spiro atoms. The Balaban J connectivity index is 1.59. The third-order valence-electron chi connectivity index (χ3n) is 5.29. The summed E-state index contributed by atoms with van der Waals surface area (Å²) in [7, 11) is 4.89. The number of carbonyl (C=O) groups excluding carboxylic acids is 2. The van der Waals surface area contributed by atoms with Crippen LogP contribution in [0.2, 0.25) is 0 Å². The van der Waals surface area contributed by atoms with Crippen LogP contribution in [-0.4, -0.2) is 44.7 Å². The first kappa shape index (κ1) is 22.2. The van der Waals surface area contributed by atoms with Gasteiger partial charge < -0.3 is 19.1 Å². The van der Waals surface area contributed by atoms with Crippen molar-refractivity contribution in [2.24, 2.45) is 0 Å². The number of amides is 1. The number of hydrogen-bond donors (Lipinski definition) is 0. The molecule has 162 valence electrons. The first-order valence-corrected chi connectivity index (χ1v) is 10.0. The molecule has 0 aromatic heterocycles. The third kappa shape index (κ3) is 5.34. The van der Waals surface area contributed by atoms with Crippen LogP contribution < -0.4 is 9.47 Å². The maximum Gasteiger partial charge on any atom is 0.313 e. The average Bonchev–Trinajstić information content (AvgIpc) is 2.81. The van der Waals surface area contributed by atoms with E-state index in [0.29, 0.717) is 12.3 Å². The van der Waals surface area contributed by atoms with Crippen LogP contribution in [-0.2, 0) is 20.9 Å². The molecule has 3 aromatic carbocycles. The highest BCUT2D eigenvalue weighted by Crippen LogP contribution is 2.26. The maximum atomic E-state index is 12.5. The Morgan fingerprint density at radius 3 is 2.39 bits per heavy atom. The molecule has 0 heterocycles. The number of nitrogens with zero attached hydrogens (tertiary/aromatic N) is 1. The van der Waals surface area contributed by atoms with Crippen molar-refractivity contribution in [1.82, 2.24) is 4.90 Å². The molecule has 0 aliphatic carbocycles. The van der Waals surface area contributed by atoms with Crippen molar-refractivity contribution in [3.63, 3.8) is 0 Å². The minimum atomic E-state index is -0.487. The van der Waals surface area contributed by atoms with Crippen molar-refractivity contribution in [3.05, 3.63) is 71.8 Å². The van der Waals surface area contributed by atoms with E-state index >= 15 is 0 Å². The SMILES string of the molecule is COc1ccc2cc([C@H](C)C(=O)OCC(=O)N(C)Cc3ccccc3OC)ccc2c1. The van der Waals surface area contributed by atoms with Gasteiger partial charge in [0.2, 0.25) is 0 Å². The summed E-state index contributed by atoms with van der Waals surface area (Å²) in [6.45, 7) is 1.83. The minimum absolute atomic E-state index is 0.280. The molecule has 0 unspecified atom stereocenters. The van der Waals surface area contributed by atoms with Gasteiger partial charge >= 0.3 is 5.97 Å². The standard InChI is InChI=1S/C25H27NO5/c1-17(18-9-10-20-14-22(29-3)12-11-19(20)13-18)25(28)31-16-24(27)26(2)15-21-7-5-6-8-23(21)30-4/h5-14,17H,15-16H2,1-4H3/t17-/m0/s1. The topological polar surface area (TPSA) is 65.1 Å². The van der Waals surface area contributed by atoms with E-state index in [-0.39, 0.29) is 12.5 Å². The highest BCUT2D eigenvalue weighted by molar-refractivity contribution is 5.87. The summed E-state index contributed by atoms with van der Waals surface area (Å²) in [5.41, 5.74) is 1.71. The Morgan fingerprint density at radius 1 is 0.935 bits per heavy atom. The molecule has 6 heteroatoms. The number of esters is 1. The van der Waals surface area contributed by atoms with Crippen molar-refractivity contribution in [2.75, 3.05) is 27.9 Å². The molecule has 3 rings (SSSR count). The first-order chi connectivity index (χ1) is 14.9. The quantitative estimate of drug-likeness (QED) is 0.511. The maximum absolute atomic E-state index is 12.5. The van der Waals surface area contributed by atoms with Gasteiger partial charge in [0, 0.05) is 19.2 Å². The summed E-state index contributed by atoms with van der Waals surface area (Å²) < 4.78 is 15.9. The van der Waals surface area contributed by atoms with Crippen molar-refractivity contribution in [3.8, 4) is 11.5 Å². The predicted octanol–water partition coefficient (Wildman–Crippen LogP) is 4.16. The lowest BCUT2D eigenvalue weighted by atomic mass is 9.98. The van der Waals surface area contributed by atoms with E-state index in [0.717, 1.165) is 27.6 Å². The second-order valence-electron chi connectivity index (χ2n) is 7.36. The van der Waals surface area contributed by atoms with Crippen LogP contribution in [0.25, 0.3) is 10.8 Å². The summed E-state index contributed by atoms with van der Waals surface area (Å²) in [6, 6.07) is 19.1. The predicted molar refractivity (Wildman–Crippen MR) is 119 cm³/mol. The lowest BCUT2D eigenvalue weighted by molar-refractivity contribution is -0.152. The number of rotatable bonds is 8. The fourth-order valence-corrected chi connectivity index (χ4v) is 3.32. The number of para-hydroxylation sites is 1. The van der Waals surface area contributed by atoms with Gasteiger partial charge in [-0.1, -0.05) is 42.5 Å². The lowest BCUT2D eigenvalue weighted by Crippen LogP contribution is -2.31. The van der Waals surface area contributed by atoms with Crippen LogP contribution in [0, 0.1) is 0 Å². The lowest BCUT2D eigenvalue weighted by Gasteiger charge is -2.19. The molecule has 0 saturated carbocycles. The minimum Gasteiger partial charge on any atom is -0.497 e.